The van der Waals surface area contributed by atoms with E-state index in [0.717, 1.165) is 57.0 Å². The first-order chi connectivity index (χ1) is 12.2. The van der Waals surface area contributed by atoms with E-state index in [-0.39, 0.29) is 12.0 Å². The highest BCUT2D eigenvalue weighted by molar-refractivity contribution is 5.94. The lowest BCUT2D eigenvalue weighted by molar-refractivity contribution is -0.119. The van der Waals surface area contributed by atoms with E-state index in [9.17, 15) is 4.79 Å². The maximum absolute atomic E-state index is 12.5. The molecule has 2 heterocycles. The highest BCUT2D eigenvalue weighted by Gasteiger charge is 2.26. The Morgan fingerprint density at radius 2 is 1.88 bits per heavy atom. The second-order valence-electron chi connectivity index (χ2n) is 6.81. The van der Waals surface area contributed by atoms with E-state index >= 15 is 0 Å². The topological polar surface area (TPSA) is 48.4 Å². The number of oxime groups is 1. The third-order valence-electron chi connectivity index (χ3n) is 5.01. The maximum atomic E-state index is 12.5. The number of carbonyl (C=O) groups excluding carboxylic acids is 1. The molecule has 6 heteroatoms. The quantitative estimate of drug-likeness (QED) is 0.790. The van der Waals surface area contributed by atoms with Gasteiger partial charge in [-0.05, 0) is 18.6 Å². The second-order valence-corrected chi connectivity index (χ2v) is 6.81. The van der Waals surface area contributed by atoms with E-state index in [1.165, 1.54) is 0 Å². The number of rotatable bonds is 6. The Hall–Kier alpha value is -1.92. The lowest BCUT2D eigenvalue weighted by Gasteiger charge is -2.35. The highest BCUT2D eigenvalue weighted by Crippen LogP contribution is 2.15. The Bertz CT molecular complexity index is 597. The normalized spacial score (nSPS) is 21.7. The van der Waals surface area contributed by atoms with Crippen molar-refractivity contribution in [1.82, 2.24) is 9.80 Å². The molecule has 0 saturated carbocycles. The first-order valence-electron chi connectivity index (χ1n) is 9.13. The van der Waals surface area contributed by atoms with E-state index in [4.69, 9.17) is 4.84 Å². The summed E-state index contributed by atoms with van der Waals surface area (Å²) in [7, 11) is 1.84. The molecule has 0 aliphatic carbocycles. The Morgan fingerprint density at radius 3 is 2.52 bits per heavy atom. The predicted octanol–water partition coefficient (Wildman–Crippen LogP) is 1.82. The summed E-state index contributed by atoms with van der Waals surface area (Å²) < 4.78 is 0. The summed E-state index contributed by atoms with van der Waals surface area (Å²) in [6.45, 7) is 7.31. The zero-order valence-electron chi connectivity index (χ0n) is 15.2. The zero-order valence-corrected chi connectivity index (χ0v) is 15.2. The van der Waals surface area contributed by atoms with Crippen LogP contribution in [0, 0.1) is 0 Å². The number of hydrogen-bond acceptors (Lipinski definition) is 5. The molecule has 1 amide bonds. The Balaban J connectivity index is 1.40. The van der Waals surface area contributed by atoms with Gasteiger partial charge in [-0.25, -0.2) is 0 Å². The summed E-state index contributed by atoms with van der Waals surface area (Å²) in [5.74, 6) is 0.139. The summed E-state index contributed by atoms with van der Waals surface area (Å²) in [5, 5.41) is 4.13. The van der Waals surface area contributed by atoms with E-state index in [2.05, 4.69) is 21.9 Å². The zero-order chi connectivity index (χ0) is 17.6. The van der Waals surface area contributed by atoms with Crippen molar-refractivity contribution >= 4 is 17.3 Å². The molecule has 25 heavy (non-hydrogen) atoms. The number of hydrogen-bond donors (Lipinski definition) is 0. The van der Waals surface area contributed by atoms with Crippen molar-refractivity contribution in [2.45, 2.75) is 25.9 Å². The molecule has 0 N–H and O–H groups in total. The lowest BCUT2D eigenvalue weighted by Crippen LogP contribution is -2.51. The van der Waals surface area contributed by atoms with Crippen LogP contribution in [0.3, 0.4) is 0 Å². The molecule has 1 fully saturated rings. The minimum atomic E-state index is 0.139. The Labute approximate surface area is 150 Å². The number of amides is 1. The van der Waals surface area contributed by atoms with Crippen LogP contribution in [0.2, 0.25) is 0 Å². The van der Waals surface area contributed by atoms with Gasteiger partial charge >= 0.3 is 0 Å². The third kappa shape index (κ3) is 4.80. The molecule has 1 unspecified atom stereocenters. The minimum absolute atomic E-state index is 0.139. The summed E-state index contributed by atoms with van der Waals surface area (Å²) in [6.07, 6.45) is 2.13. The molecule has 6 nitrogen and oxygen atoms in total. The molecule has 1 atom stereocenters. The van der Waals surface area contributed by atoms with Crippen LogP contribution in [-0.4, -0.2) is 73.8 Å². The van der Waals surface area contributed by atoms with Crippen molar-refractivity contribution in [1.29, 1.82) is 0 Å². The fourth-order valence-electron chi connectivity index (χ4n) is 3.30. The first kappa shape index (κ1) is 17.9. The van der Waals surface area contributed by atoms with Crippen LogP contribution in [0.4, 0.5) is 5.69 Å². The molecule has 0 aromatic heterocycles. The van der Waals surface area contributed by atoms with Gasteiger partial charge in [-0.15, -0.1) is 0 Å². The van der Waals surface area contributed by atoms with Crippen LogP contribution in [0.5, 0.6) is 0 Å². The van der Waals surface area contributed by atoms with Crippen LogP contribution >= 0.6 is 0 Å². The molecule has 2 aliphatic heterocycles. The van der Waals surface area contributed by atoms with Gasteiger partial charge in [0, 0.05) is 51.9 Å². The largest absolute Gasteiger partial charge is 0.391 e. The van der Waals surface area contributed by atoms with Gasteiger partial charge in [0.25, 0.3) is 0 Å². The first-order valence-corrected chi connectivity index (χ1v) is 9.13. The Morgan fingerprint density at radius 1 is 1.20 bits per heavy atom. The van der Waals surface area contributed by atoms with Gasteiger partial charge in [-0.3, -0.25) is 14.6 Å². The fraction of sp³-hybridized carbons (Fsp3) is 0.579. The molecular formula is C19H28N4O2. The molecule has 1 aromatic carbocycles. The van der Waals surface area contributed by atoms with E-state index in [1.54, 1.807) is 4.90 Å². The van der Waals surface area contributed by atoms with Crippen molar-refractivity contribution in [2.75, 3.05) is 51.2 Å². The molecule has 3 rings (SSSR count). The third-order valence-corrected chi connectivity index (χ3v) is 5.01. The second kappa shape index (κ2) is 8.45. The van der Waals surface area contributed by atoms with Crippen LogP contribution in [-0.2, 0) is 9.63 Å². The van der Waals surface area contributed by atoms with E-state index < -0.39 is 0 Å². The number of benzene rings is 1. The molecule has 1 aromatic rings. The van der Waals surface area contributed by atoms with Gasteiger partial charge in [-0.1, -0.05) is 30.3 Å². The average Bonchev–Trinajstić information content (AvgIpc) is 3.11. The van der Waals surface area contributed by atoms with Crippen LogP contribution in [0.25, 0.3) is 0 Å². The Kier molecular flexibility index (Phi) is 6.04. The van der Waals surface area contributed by atoms with Gasteiger partial charge in [0.2, 0.25) is 5.91 Å². The molecule has 0 bridgehead atoms. The number of anilines is 1. The number of nitrogens with zero attached hydrogens (tertiary/aromatic N) is 4. The molecule has 136 valence electrons. The molecule has 0 spiro atoms. The average molecular weight is 344 g/mol. The lowest BCUT2D eigenvalue weighted by atomic mass is 10.1. The number of carbonyl (C=O) groups is 1. The number of para-hydroxylation sites is 1. The van der Waals surface area contributed by atoms with Crippen LogP contribution in [0.1, 0.15) is 19.8 Å². The standard InChI is InChI=1S/C19H28N4O2/c1-3-16-13-18(25-20-16)14-22-9-11-23(12-10-22)15-19(24)21(2)17-7-5-4-6-8-17/h4-8,18H,3,9-15H2,1-2H3. The fourth-order valence-corrected chi connectivity index (χ4v) is 3.30. The van der Waals surface area contributed by atoms with E-state index in [0.29, 0.717) is 6.54 Å². The van der Waals surface area contributed by atoms with E-state index in [1.807, 2.05) is 37.4 Å². The van der Waals surface area contributed by atoms with Gasteiger partial charge in [0.1, 0.15) is 6.10 Å². The van der Waals surface area contributed by atoms with Crippen molar-refractivity contribution in [2.24, 2.45) is 5.16 Å². The molecular weight excluding hydrogens is 316 g/mol. The summed E-state index contributed by atoms with van der Waals surface area (Å²) in [6, 6.07) is 9.80. The summed E-state index contributed by atoms with van der Waals surface area (Å²) >= 11 is 0. The smallest absolute Gasteiger partial charge is 0.240 e. The number of piperazine rings is 1. The van der Waals surface area contributed by atoms with Crippen LogP contribution < -0.4 is 4.90 Å². The van der Waals surface area contributed by atoms with Gasteiger partial charge < -0.3 is 9.74 Å². The SMILES string of the molecule is CCC1=NOC(CN2CCN(CC(=O)N(C)c3ccccc3)CC2)C1. The van der Waals surface area contributed by atoms with Crippen LogP contribution in [0.15, 0.2) is 35.5 Å². The highest BCUT2D eigenvalue weighted by atomic mass is 16.6. The number of likely N-dealkylation sites (N-methyl/N-ethyl adjacent to an activating group) is 1. The predicted molar refractivity (Wildman–Crippen MR) is 99.9 cm³/mol. The van der Waals surface area contributed by atoms with Crippen molar-refractivity contribution in [3.63, 3.8) is 0 Å². The molecule has 2 aliphatic rings. The van der Waals surface area contributed by atoms with Gasteiger partial charge in [-0.2, -0.15) is 0 Å². The summed E-state index contributed by atoms with van der Waals surface area (Å²) in [4.78, 5) is 24.4. The minimum Gasteiger partial charge on any atom is -0.391 e. The van der Waals surface area contributed by atoms with Gasteiger partial charge in [0.05, 0.1) is 12.3 Å². The summed E-state index contributed by atoms with van der Waals surface area (Å²) in [5.41, 5.74) is 2.11. The maximum Gasteiger partial charge on any atom is 0.240 e. The van der Waals surface area contributed by atoms with Crippen molar-refractivity contribution in [3.05, 3.63) is 30.3 Å². The monoisotopic (exact) mass is 344 g/mol. The molecule has 1 saturated heterocycles. The van der Waals surface area contributed by atoms with Crippen molar-refractivity contribution < 1.29 is 9.63 Å². The van der Waals surface area contributed by atoms with Gasteiger partial charge in [0.15, 0.2) is 0 Å². The van der Waals surface area contributed by atoms with Crippen molar-refractivity contribution in [3.8, 4) is 0 Å². The molecule has 0 radical (unpaired) electrons.